The second-order valence-electron chi connectivity index (χ2n) is 4.65. The number of hydrogen-bond acceptors (Lipinski definition) is 3. The van der Waals surface area contributed by atoms with Crippen LogP contribution in [0.4, 0.5) is 0 Å². The van der Waals surface area contributed by atoms with E-state index in [-0.39, 0.29) is 5.91 Å². The maximum Gasteiger partial charge on any atom is 0.272 e. The Bertz CT molecular complexity index is 452. The van der Waals surface area contributed by atoms with Gasteiger partial charge in [-0.05, 0) is 25.0 Å². The van der Waals surface area contributed by atoms with Crippen molar-refractivity contribution < 1.29 is 4.79 Å². The zero-order valence-electron chi connectivity index (χ0n) is 10.4. The number of aromatic nitrogens is 1. The third kappa shape index (κ3) is 2.67. The fourth-order valence-corrected chi connectivity index (χ4v) is 2.42. The second kappa shape index (κ2) is 5.44. The molecule has 0 aliphatic heterocycles. The highest BCUT2D eigenvalue weighted by Gasteiger charge is 2.24. The Morgan fingerprint density at radius 3 is 2.61 bits per heavy atom. The summed E-state index contributed by atoms with van der Waals surface area (Å²) in [6.45, 7) is 0. The molecule has 1 fully saturated rings. The summed E-state index contributed by atoms with van der Waals surface area (Å²) in [6.07, 6.45) is 6.14. The minimum absolute atomic E-state index is 0.0311. The van der Waals surface area contributed by atoms with Gasteiger partial charge in [0.25, 0.3) is 5.91 Å². The highest BCUT2D eigenvalue weighted by Crippen LogP contribution is 2.23. The first-order valence-electron chi connectivity index (χ1n) is 6.12. The summed E-state index contributed by atoms with van der Waals surface area (Å²) in [5, 5.41) is 0. The van der Waals surface area contributed by atoms with Crippen molar-refractivity contribution in [3.63, 3.8) is 0 Å². The van der Waals surface area contributed by atoms with Crippen LogP contribution in [0, 0.1) is 0 Å². The fraction of sp³-hybridized carbons (Fsp3) is 0.462. The summed E-state index contributed by atoms with van der Waals surface area (Å²) in [7, 11) is 1.85. The quantitative estimate of drug-likeness (QED) is 0.844. The van der Waals surface area contributed by atoms with Gasteiger partial charge in [0.2, 0.25) is 0 Å². The number of nitrogens with zero attached hydrogens (tertiary/aromatic N) is 2. The number of pyridine rings is 1. The number of amides is 1. The van der Waals surface area contributed by atoms with E-state index in [1.54, 1.807) is 23.2 Å². The van der Waals surface area contributed by atoms with Gasteiger partial charge in [-0.3, -0.25) is 9.78 Å². The second-order valence-corrected chi connectivity index (χ2v) is 5.09. The Kier molecular flexibility index (Phi) is 3.91. The zero-order chi connectivity index (χ0) is 13.1. The largest absolute Gasteiger partial charge is 0.389 e. The summed E-state index contributed by atoms with van der Waals surface area (Å²) in [6, 6.07) is 3.78. The maximum absolute atomic E-state index is 12.2. The number of carbonyl (C=O) groups excluding carboxylic acids is 1. The molecule has 1 aliphatic rings. The molecule has 2 rings (SSSR count). The van der Waals surface area contributed by atoms with Crippen molar-refractivity contribution in [1.29, 1.82) is 0 Å². The third-order valence-electron chi connectivity index (χ3n) is 3.46. The molecule has 0 bridgehead atoms. The summed E-state index contributed by atoms with van der Waals surface area (Å²) >= 11 is 4.85. The minimum atomic E-state index is -0.0311. The zero-order valence-corrected chi connectivity index (χ0v) is 11.2. The van der Waals surface area contributed by atoms with Gasteiger partial charge < -0.3 is 10.6 Å². The first-order valence-corrected chi connectivity index (χ1v) is 6.53. The van der Waals surface area contributed by atoms with Gasteiger partial charge in [0.05, 0.1) is 0 Å². The van der Waals surface area contributed by atoms with E-state index < -0.39 is 0 Å². The number of hydrogen-bond donors (Lipinski definition) is 1. The van der Waals surface area contributed by atoms with Crippen molar-refractivity contribution in [3.8, 4) is 0 Å². The molecule has 0 spiro atoms. The molecule has 1 aliphatic carbocycles. The SMILES string of the molecule is CN(C(=O)c1ccc(C(N)=S)cn1)C1CCCC1. The minimum Gasteiger partial charge on any atom is -0.389 e. The molecule has 0 unspecified atom stereocenters. The third-order valence-corrected chi connectivity index (χ3v) is 3.70. The van der Waals surface area contributed by atoms with E-state index in [4.69, 9.17) is 18.0 Å². The van der Waals surface area contributed by atoms with Crippen LogP contribution in [0.3, 0.4) is 0 Å². The van der Waals surface area contributed by atoms with Gasteiger partial charge in [0.1, 0.15) is 10.7 Å². The molecule has 0 aromatic carbocycles. The van der Waals surface area contributed by atoms with Crippen molar-refractivity contribution in [1.82, 2.24) is 9.88 Å². The highest BCUT2D eigenvalue weighted by molar-refractivity contribution is 7.80. The number of carbonyl (C=O) groups is 1. The summed E-state index contributed by atoms with van der Waals surface area (Å²) < 4.78 is 0. The van der Waals surface area contributed by atoms with Gasteiger partial charge in [-0.15, -0.1) is 0 Å². The lowest BCUT2D eigenvalue weighted by Crippen LogP contribution is -2.35. The van der Waals surface area contributed by atoms with E-state index in [2.05, 4.69) is 4.98 Å². The van der Waals surface area contributed by atoms with Gasteiger partial charge >= 0.3 is 0 Å². The molecule has 4 nitrogen and oxygen atoms in total. The fourth-order valence-electron chi connectivity index (χ4n) is 2.30. The molecule has 1 heterocycles. The molecule has 1 amide bonds. The van der Waals surface area contributed by atoms with E-state index in [9.17, 15) is 4.79 Å². The molecule has 1 saturated carbocycles. The van der Waals surface area contributed by atoms with E-state index in [0.29, 0.717) is 22.3 Å². The summed E-state index contributed by atoms with van der Waals surface area (Å²) in [5.41, 5.74) is 6.63. The van der Waals surface area contributed by atoms with Crippen LogP contribution in [0.2, 0.25) is 0 Å². The van der Waals surface area contributed by atoms with Crippen LogP contribution >= 0.6 is 12.2 Å². The molecule has 5 heteroatoms. The van der Waals surface area contributed by atoms with E-state index in [1.165, 1.54) is 12.8 Å². The van der Waals surface area contributed by atoms with Gasteiger partial charge in [0.15, 0.2) is 0 Å². The normalized spacial score (nSPS) is 15.6. The summed E-state index contributed by atoms with van der Waals surface area (Å²) in [5.74, 6) is -0.0311. The predicted octanol–water partition coefficient (Wildman–Crippen LogP) is 1.73. The Hall–Kier alpha value is -1.49. The molecule has 96 valence electrons. The molecule has 1 aromatic rings. The van der Waals surface area contributed by atoms with Crippen molar-refractivity contribution in [2.75, 3.05) is 7.05 Å². The lowest BCUT2D eigenvalue weighted by molar-refractivity contribution is 0.0729. The topological polar surface area (TPSA) is 59.2 Å². The average molecular weight is 263 g/mol. The Morgan fingerprint density at radius 2 is 2.11 bits per heavy atom. The van der Waals surface area contributed by atoms with E-state index >= 15 is 0 Å². The van der Waals surface area contributed by atoms with Gasteiger partial charge in [-0.25, -0.2) is 0 Å². The number of thiocarbonyl (C=S) groups is 1. The average Bonchev–Trinajstić information content (AvgIpc) is 2.91. The summed E-state index contributed by atoms with van der Waals surface area (Å²) in [4.78, 5) is 18.4. The van der Waals surface area contributed by atoms with Crippen molar-refractivity contribution in [2.45, 2.75) is 31.7 Å². The smallest absolute Gasteiger partial charge is 0.272 e. The lowest BCUT2D eigenvalue weighted by atomic mass is 10.2. The standard InChI is InChI=1S/C13H17N3OS/c1-16(10-4-2-3-5-10)13(17)11-7-6-9(8-15-11)12(14)18/h6-8,10H,2-5H2,1H3,(H2,14,18). The van der Waals surface area contributed by atoms with E-state index in [1.807, 2.05) is 7.05 Å². The van der Waals surface area contributed by atoms with Gasteiger partial charge in [-0.1, -0.05) is 25.1 Å². The van der Waals surface area contributed by atoms with Crippen molar-refractivity contribution in [3.05, 3.63) is 29.6 Å². The Labute approximate surface area is 112 Å². The van der Waals surface area contributed by atoms with Crippen LogP contribution in [-0.2, 0) is 0 Å². The Balaban J connectivity index is 2.10. The highest BCUT2D eigenvalue weighted by atomic mass is 32.1. The van der Waals surface area contributed by atoms with E-state index in [0.717, 1.165) is 12.8 Å². The van der Waals surface area contributed by atoms with Crippen LogP contribution in [0.15, 0.2) is 18.3 Å². The van der Waals surface area contributed by atoms with Crippen LogP contribution in [-0.4, -0.2) is 33.9 Å². The lowest BCUT2D eigenvalue weighted by Gasteiger charge is -2.23. The molecule has 2 N–H and O–H groups in total. The van der Waals surface area contributed by atoms with Crippen molar-refractivity contribution >= 4 is 23.1 Å². The maximum atomic E-state index is 12.2. The number of rotatable bonds is 3. The molecule has 1 aromatic heterocycles. The molecule has 18 heavy (non-hydrogen) atoms. The molecule has 0 saturated heterocycles. The molecule has 0 atom stereocenters. The molecular formula is C13H17N3OS. The van der Waals surface area contributed by atoms with Crippen LogP contribution in [0.25, 0.3) is 0 Å². The van der Waals surface area contributed by atoms with Crippen LogP contribution in [0.1, 0.15) is 41.7 Å². The van der Waals surface area contributed by atoms with Crippen LogP contribution in [0.5, 0.6) is 0 Å². The van der Waals surface area contributed by atoms with Crippen LogP contribution < -0.4 is 5.73 Å². The van der Waals surface area contributed by atoms with Crippen molar-refractivity contribution in [2.24, 2.45) is 5.73 Å². The number of nitrogens with two attached hydrogens (primary N) is 1. The molecular weight excluding hydrogens is 246 g/mol. The first kappa shape index (κ1) is 13.0. The monoisotopic (exact) mass is 263 g/mol. The predicted molar refractivity (Wildman–Crippen MR) is 74.5 cm³/mol. The Morgan fingerprint density at radius 1 is 1.44 bits per heavy atom. The van der Waals surface area contributed by atoms with Gasteiger partial charge in [-0.2, -0.15) is 0 Å². The molecule has 0 radical (unpaired) electrons. The first-order chi connectivity index (χ1) is 8.59. The van der Waals surface area contributed by atoms with Gasteiger partial charge in [0, 0.05) is 24.8 Å².